The number of thioether (sulfide) groups is 1. The lowest BCUT2D eigenvalue weighted by atomic mass is 10.2. The smallest absolute Gasteiger partial charge is 0.313 e. The second kappa shape index (κ2) is 8.59. The molecule has 0 fully saturated rings. The molecule has 0 bridgehead atoms. The Morgan fingerprint density at radius 2 is 1.89 bits per heavy atom. The predicted molar refractivity (Wildman–Crippen MR) is 103 cm³/mol. The Balaban J connectivity index is 2.10. The third-order valence-electron chi connectivity index (χ3n) is 3.71. The van der Waals surface area contributed by atoms with Crippen molar-refractivity contribution in [3.63, 3.8) is 0 Å². The molecular formula is C19H19N3O4S. The van der Waals surface area contributed by atoms with E-state index in [-0.39, 0.29) is 5.75 Å². The molecule has 27 heavy (non-hydrogen) atoms. The molecule has 1 N–H and O–H groups in total. The summed E-state index contributed by atoms with van der Waals surface area (Å²) in [6, 6.07) is 15.0. The van der Waals surface area contributed by atoms with Gasteiger partial charge in [0.25, 0.3) is 0 Å². The fourth-order valence-corrected chi connectivity index (χ4v) is 3.26. The predicted octanol–water partition coefficient (Wildman–Crippen LogP) is 3.52. The molecule has 0 unspecified atom stereocenters. The number of aromatic nitrogens is 3. The Hall–Kier alpha value is -3.00. The first-order chi connectivity index (χ1) is 13.1. The van der Waals surface area contributed by atoms with Crippen molar-refractivity contribution in [1.82, 2.24) is 14.8 Å². The van der Waals surface area contributed by atoms with Gasteiger partial charge in [-0.05, 0) is 43.3 Å². The van der Waals surface area contributed by atoms with Crippen molar-refractivity contribution >= 4 is 17.7 Å². The summed E-state index contributed by atoms with van der Waals surface area (Å²) >= 11 is 1.11. The highest BCUT2D eigenvalue weighted by Crippen LogP contribution is 2.33. The zero-order valence-electron chi connectivity index (χ0n) is 15.0. The molecule has 0 aliphatic rings. The molecule has 140 valence electrons. The molecule has 3 rings (SSSR count). The van der Waals surface area contributed by atoms with Gasteiger partial charge in [0, 0.05) is 0 Å². The molecule has 8 heteroatoms. The monoisotopic (exact) mass is 385 g/mol. The van der Waals surface area contributed by atoms with Crippen molar-refractivity contribution in [3.8, 4) is 28.6 Å². The van der Waals surface area contributed by atoms with Crippen molar-refractivity contribution < 1.29 is 19.4 Å². The Morgan fingerprint density at radius 3 is 2.56 bits per heavy atom. The van der Waals surface area contributed by atoms with Crippen LogP contribution in [0.3, 0.4) is 0 Å². The van der Waals surface area contributed by atoms with Crippen LogP contribution in [0.2, 0.25) is 0 Å². The van der Waals surface area contributed by atoms with E-state index in [1.807, 2.05) is 60.0 Å². The van der Waals surface area contributed by atoms with Crippen LogP contribution in [0.15, 0.2) is 53.7 Å². The van der Waals surface area contributed by atoms with Gasteiger partial charge in [-0.2, -0.15) is 0 Å². The van der Waals surface area contributed by atoms with Crippen LogP contribution in [-0.4, -0.2) is 45.3 Å². The second-order valence-corrected chi connectivity index (χ2v) is 6.39. The Bertz CT molecular complexity index is 925. The maximum atomic E-state index is 11.0. The molecule has 0 spiro atoms. The van der Waals surface area contributed by atoms with E-state index in [4.69, 9.17) is 14.6 Å². The normalized spacial score (nSPS) is 10.6. The zero-order chi connectivity index (χ0) is 19.2. The first-order valence-corrected chi connectivity index (χ1v) is 9.29. The zero-order valence-corrected chi connectivity index (χ0v) is 15.8. The quantitative estimate of drug-likeness (QED) is 0.594. The highest BCUT2D eigenvalue weighted by molar-refractivity contribution is 7.99. The van der Waals surface area contributed by atoms with Gasteiger partial charge in [0.15, 0.2) is 11.0 Å². The Morgan fingerprint density at radius 1 is 1.15 bits per heavy atom. The number of benzene rings is 2. The number of carboxylic acid groups (broad SMARTS) is 1. The van der Waals surface area contributed by atoms with E-state index < -0.39 is 5.97 Å². The Labute approximate surface area is 161 Å². The minimum atomic E-state index is -0.917. The molecule has 0 atom stereocenters. The molecule has 1 aromatic heterocycles. The summed E-state index contributed by atoms with van der Waals surface area (Å²) in [4.78, 5) is 11.0. The average Bonchev–Trinajstić information content (AvgIpc) is 3.11. The lowest BCUT2D eigenvalue weighted by molar-refractivity contribution is -0.133. The van der Waals surface area contributed by atoms with Crippen molar-refractivity contribution in [2.24, 2.45) is 0 Å². The first-order valence-electron chi connectivity index (χ1n) is 8.30. The van der Waals surface area contributed by atoms with Gasteiger partial charge in [0.2, 0.25) is 0 Å². The van der Waals surface area contributed by atoms with Crippen molar-refractivity contribution in [3.05, 3.63) is 48.5 Å². The van der Waals surface area contributed by atoms with Crippen LogP contribution >= 0.6 is 11.8 Å². The number of hydrogen-bond acceptors (Lipinski definition) is 6. The van der Waals surface area contributed by atoms with Gasteiger partial charge in [-0.15, -0.1) is 10.2 Å². The molecule has 0 saturated heterocycles. The van der Waals surface area contributed by atoms with Crippen molar-refractivity contribution in [2.45, 2.75) is 12.1 Å². The van der Waals surface area contributed by atoms with Crippen molar-refractivity contribution in [2.75, 3.05) is 19.5 Å². The highest BCUT2D eigenvalue weighted by atomic mass is 32.2. The largest absolute Gasteiger partial charge is 0.496 e. The van der Waals surface area contributed by atoms with Crippen molar-refractivity contribution in [1.29, 1.82) is 0 Å². The number of para-hydroxylation sites is 1. The van der Waals surface area contributed by atoms with Crippen LogP contribution in [0.1, 0.15) is 6.92 Å². The van der Waals surface area contributed by atoms with Crippen LogP contribution in [0.5, 0.6) is 11.5 Å². The standard InChI is InChI=1S/C19H19N3O4S/c1-3-26-14-10-8-13(9-11-14)22-18(15-6-4-5-7-16(15)25-2)20-21-19(22)27-12-17(23)24/h4-11H,3,12H2,1-2H3,(H,23,24). The van der Waals surface area contributed by atoms with Gasteiger partial charge < -0.3 is 14.6 Å². The number of rotatable bonds is 8. The molecule has 2 aromatic carbocycles. The van der Waals surface area contributed by atoms with Crippen LogP contribution in [0.25, 0.3) is 17.1 Å². The lowest BCUT2D eigenvalue weighted by Gasteiger charge is -2.13. The SMILES string of the molecule is CCOc1ccc(-n2c(SCC(=O)O)nnc2-c2ccccc2OC)cc1. The van der Waals surface area contributed by atoms with Gasteiger partial charge in [0.1, 0.15) is 11.5 Å². The molecule has 0 radical (unpaired) electrons. The van der Waals surface area contributed by atoms with E-state index in [9.17, 15) is 4.79 Å². The number of methoxy groups -OCH3 is 1. The summed E-state index contributed by atoms with van der Waals surface area (Å²) in [5.41, 5.74) is 1.57. The molecule has 7 nitrogen and oxygen atoms in total. The van der Waals surface area contributed by atoms with Crippen LogP contribution < -0.4 is 9.47 Å². The summed E-state index contributed by atoms with van der Waals surface area (Å²) in [5, 5.41) is 18.0. The van der Waals surface area contributed by atoms with Gasteiger partial charge >= 0.3 is 5.97 Å². The number of nitrogens with zero attached hydrogens (tertiary/aromatic N) is 3. The number of carbonyl (C=O) groups is 1. The maximum absolute atomic E-state index is 11.0. The van der Waals surface area contributed by atoms with E-state index in [0.29, 0.717) is 23.3 Å². The second-order valence-electron chi connectivity index (χ2n) is 5.45. The summed E-state index contributed by atoms with van der Waals surface area (Å²) in [5.74, 6) is 0.963. The first kappa shape index (κ1) is 18.8. The molecule has 0 amide bonds. The van der Waals surface area contributed by atoms with Gasteiger partial charge in [-0.25, -0.2) is 0 Å². The minimum Gasteiger partial charge on any atom is -0.496 e. The fourth-order valence-electron chi connectivity index (χ4n) is 2.58. The number of carboxylic acids is 1. The fraction of sp³-hybridized carbons (Fsp3) is 0.211. The number of aliphatic carboxylic acids is 1. The summed E-state index contributed by atoms with van der Waals surface area (Å²) in [6.07, 6.45) is 0. The van der Waals surface area contributed by atoms with Gasteiger partial charge in [-0.1, -0.05) is 23.9 Å². The summed E-state index contributed by atoms with van der Waals surface area (Å²) < 4.78 is 12.8. The van der Waals surface area contributed by atoms with E-state index in [1.54, 1.807) is 7.11 Å². The number of hydrogen-bond donors (Lipinski definition) is 1. The molecular weight excluding hydrogens is 366 g/mol. The van der Waals surface area contributed by atoms with Crippen LogP contribution in [-0.2, 0) is 4.79 Å². The van der Waals surface area contributed by atoms with Crippen LogP contribution in [0, 0.1) is 0 Å². The maximum Gasteiger partial charge on any atom is 0.313 e. The van der Waals surface area contributed by atoms with E-state index in [1.165, 1.54) is 0 Å². The minimum absolute atomic E-state index is 0.110. The Kier molecular flexibility index (Phi) is 5.97. The topological polar surface area (TPSA) is 86.5 Å². The number of ether oxygens (including phenoxy) is 2. The van der Waals surface area contributed by atoms with Gasteiger partial charge in [-0.3, -0.25) is 9.36 Å². The average molecular weight is 385 g/mol. The lowest BCUT2D eigenvalue weighted by Crippen LogP contribution is -2.04. The third kappa shape index (κ3) is 4.22. The third-order valence-corrected chi connectivity index (χ3v) is 4.63. The van der Waals surface area contributed by atoms with E-state index >= 15 is 0 Å². The summed E-state index contributed by atoms with van der Waals surface area (Å²) in [6.45, 7) is 2.51. The molecule has 3 aromatic rings. The van der Waals surface area contributed by atoms with Crippen LogP contribution in [0.4, 0.5) is 0 Å². The molecule has 0 aliphatic heterocycles. The summed E-state index contributed by atoms with van der Waals surface area (Å²) in [7, 11) is 1.59. The van der Waals surface area contributed by atoms with E-state index in [0.717, 1.165) is 28.8 Å². The van der Waals surface area contributed by atoms with Gasteiger partial charge in [0.05, 0.1) is 30.7 Å². The molecule has 0 saturated carbocycles. The molecule has 0 aliphatic carbocycles. The molecule has 1 heterocycles. The highest BCUT2D eigenvalue weighted by Gasteiger charge is 2.19. The van der Waals surface area contributed by atoms with E-state index in [2.05, 4.69) is 10.2 Å².